The molecule has 0 spiro atoms. The highest BCUT2D eigenvalue weighted by atomic mass is 35.5. The highest BCUT2D eigenvalue weighted by Gasteiger charge is 2.48. The van der Waals surface area contributed by atoms with E-state index in [2.05, 4.69) is 45.5 Å². The van der Waals surface area contributed by atoms with Gasteiger partial charge < -0.3 is 29.6 Å². The van der Waals surface area contributed by atoms with E-state index < -0.39 is 30.1 Å². The molecular formula is C33H29ClN4O4. The van der Waals surface area contributed by atoms with Crippen molar-refractivity contribution < 1.29 is 19.7 Å². The molecular weight excluding hydrogens is 552 g/mol. The number of ether oxygens (including phenoxy) is 2. The van der Waals surface area contributed by atoms with E-state index in [0.717, 1.165) is 22.4 Å². The highest BCUT2D eigenvalue weighted by molar-refractivity contribution is 6.28. The van der Waals surface area contributed by atoms with Gasteiger partial charge in [-0.05, 0) is 46.5 Å². The molecule has 3 heterocycles. The number of hydrogen-bond acceptors (Lipinski definition) is 7. The molecule has 9 heteroatoms. The molecule has 6 rings (SSSR count). The highest BCUT2D eigenvalue weighted by Crippen LogP contribution is 2.43. The second kappa shape index (κ2) is 11.1. The Bertz CT molecular complexity index is 1700. The van der Waals surface area contributed by atoms with Gasteiger partial charge in [0.1, 0.15) is 35.1 Å². The summed E-state index contributed by atoms with van der Waals surface area (Å²) >= 11 is 6.55. The Morgan fingerprint density at radius 3 is 2.19 bits per heavy atom. The molecule has 3 N–H and O–H groups in total. The lowest BCUT2D eigenvalue weighted by Gasteiger charge is -2.37. The van der Waals surface area contributed by atoms with Gasteiger partial charge in [0.25, 0.3) is 0 Å². The van der Waals surface area contributed by atoms with Crippen molar-refractivity contribution in [2.45, 2.75) is 29.9 Å². The summed E-state index contributed by atoms with van der Waals surface area (Å²) in [5.74, 6) is 3.65. The summed E-state index contributed by atoms with van der Waals surface area (Å²) in [5, 5.41) is 25.0. The Morgan fingerprint density at radius 1 is 1.02 bits per heavy atom. The van der Waals surface area contributed by atoms with E-state index >= 15 is 0 Å². The Labute approximate surface area is 248 Å². The number of nitrogens with one attached hydrogen (secondary N) is 1. The third kappa shape index (κ3) is 4.57. The van der Waals surface area contributed by atoms with Crippen molar-refractivity contribution in [3.05, 3.63) is 119 Å². The van der Waals surface area contributed by atoms with Crippen molar-refractivity contribution >= 4 is 28.5 Å². The Kier molecular flexibility index (Phi) is 7.35. The van der Waals surface area contributed by atoms with E-state index in [0.29, 0.717) is 16.9 Å². The van der Waals surface area contributed by atoms with Crippen LogP contribution in [0, 0.1) is 12.3 Å². The van der Waals surface area contributed by atoms with Crippen LogP contribution in [0.15, 0.2) is 97.2 Å². The van der Waals surface area contributed by atoms with Crippen molar-refractivity contribution in [2.24, 2.45) is 0 Å². The van der Waals surface area contributed by atoms with Crippen molar-refractivity contribution in [1.29, 1.82) is 0 Å². The number of benzene rings is 3. The fourth-order valence-electron chi connectivity index (χ4n) is 5.69. The van der Waals surface area contributed by atoms with E-state index in [1.165, 1.54) is 0 Å². The SMILES string of the molecule is C#C[C@]1(CO)O[C@@H](n2ccc3c(NC(c4ccccc4)(c4ccccc4)c4ccc(OC)cc4)nc(Cl)nc32)C[C@@H]1O. The molecule has 0 amide bonds. The first-order valence-corrected chi connectivity index (χ1v) is 13.8. The third-order valence-electron chi connectivity index (χ3n) is 7.89. The van der Waals surface area contributed by atoms with Crippen LogP contribution in [-0.4, -0.2) is 50.2 Å². The second-order valence-corrected chi connectivity index (χ2v) is 10.5. The maximum atomic E-state index is 10.6. The molecule has 5 aromatic rings. The average molecular weight is 581 g/mol. The number of anilines is 1. The smallest absolute Gasteiger partial charge is 0.226 e. The van der Waals surface area contributed by atoms with Crippen molar-refractivity contribution in [3.8, 4) is 18.1 Å². The van der Waals surface area contributed by atoms with Gasteiger partial charge >= 0.3 is 0 Å². The zero-order valence-electron chi connectivity index (χ0n) is 22.8. The second-order valence-electron chi connectivity index (χ2n) is 10.2. The lowest BCUT2D eigenvalue weighted by molar-refractivity contribution is -0.0890. The molecule has 42 heavy (non-hydrogen) atoms. The minimum absolute atomic E-state index is 0.0265. The topological polar surface area (TPSA) is 102 Å². The van der Waals surface area contributed by atoms with Gasteiger partial charge in [0, 0.05) is 12.6 Å². The molecule has 1 aliphatic heterocycles. The van der Waals surface area contributed by atoms with E-state index in [1.807, 2.05) is 66.7 Å². The van der Waals surface area contributed by atoms with E-state index in [1.54, 1.807) is 17.9 Å². The van der Waals surface area contributed by atoms with Crippen molar-refractivity contribution in [1.82, 2.24) is 14.5 Å². The fraction of sp³-hybridized carbons (Fsp3) is 0.212. The minimum Gasteiger partial charge on any atom is -0.497 e. The molecule has 1 fully saturated rings. The van der Waals surface area contributed by atoms with Crippen LogP contribution in [0.2, 0.25) is 5.28 Å². The van der Waals surface area contributed by atoms with Crippen LogP contribution in [0.25, 0.3) is 11.0 Å². The van der Waals surface area contributed by atoms with Crippen LogP contribution in [0.3, 0.4) is 0 Å². The molecule has 2 aromatic heterocycles. The summed E-state index contributed by atoms with van der Waals surface area (Å²) in [7, 11) is 1.64. The summed E-state index contributed by atoms with van der Waals surface area (Å²) in [4.78, 5) is 9.18. The van der Waals surface area contributed by atoms with Crippen LogP contribution < -0.4 is 10.1 Å². The van der Waals surface area contributed by atoms with E-state index in [4.69, 9.17) is 27.5 Å². The average Bonchev–Trinajstić information content (AvgIpc) is 3.61. The van der Waals surface area contributed by atoms with Gasteiger partial charge in [0.15, 0.2) is 5.60 Å². The Hall–Kier alpha value is -4.39. The van der Waals surface area contributed by atoms with Crippen LogP contribution in [-0.2, 0) is 10.3 Å². The van der Waals surface area contributed by atoms with Gasteiger partial charge in [0.05, 0.1) is 19.1 Å². The van der Waals surface area contributed by atoms with Crippen LogP contribution in [0.1, 0.15) is 29.3 Å². The van der Waals surface area contributed by atoms with Gasteiger partial charge in [0.2, 0.25) is 5.28 Å². The predicted molar refractivity (Wildman–Crippen MR) is 161 cm³/mol. The number of fused-ring (bicyclic) bond motifs is 1. The fourth-order valence-corrected chi connectivity index (χ4v) is 5.85. The van der Waals surface area contributed by atoms with Gasteiger partial charge in [-0.3, -0.25) is 0 Å². The summed E-state index contributed by atoms with van der Waals surface area (Å²) in [6.07, 6.45) is 5.87. The minimum atomic E-state index is -1.50. The quantitative estimate of drug-likeness (QED) is 0.133. The van der Waals surface area contributed by atoms with Gasteiger partial charge in [-0.2, -0.15) is 4.98 Å². The van der Waals surface area contributed by atoms with Crippen LogP contribution >= 0.6 is 11.6 Å². The van der Waals surface area contributed by atoms with Crippen molar-refractivity contribution in [2.75, 3.05) is 19.0 Å². The zero-order chi connectivity index (χ0) is 29.3. The Balaban J connectivity index is 1.54. The normalized spacial score (nSPS) is 20.4. The summed E-state index contributed by atoms with van der Waals surface area (Å²) in [6.45, 7) is -0.512. The van der Waals surface area contributed by atoms with Gasteiger partial charge in [-0.15, -0.1) is 6.42 Å². The number of hydrogen-bond donors (Lipinski definition) is 3. The molecule has 3 atom stereocenters. The molecule has 0 aliphatic carbocycles. The summed E-state index contributed by atoms with van der Waals surface area (Å²) in [6, 6.07) is 30.0. The number of nitrogens with zero attached hydrogens (tertiary/aromatic N) is 3. The van der Waals surface area contributed by atoms with Gasteiger partial charge in [-0.25, -0.2) is 4.98 Å². The third-order valence-corrected chi connectivity index (χ3v) is 8.06. The largest absolute Gasteiger partial charge is 0.497 e. The molecule has 3 aromatic carbocycles. The molecule has 1 aliphatic rings. The van der Waals surface area contributed by atoms with Gasteiger partial charge in [-0.1, -0.05) is 78.7 Å². The lowest BCUT2D eigenvalue weighted by Crippen LogP contribution is -2.41. The van der Waals surface area contributed by atoms with E-state index in [-0.39, 0.29) is 11.7 Å². The first-order valence-electron chi connectivity index (χ1n) is 13.5. The number of aliphatic hydroxyl groups excluding tert-OH is 2. The zero-order valence-corrected chi connectivity index (χ0v) is 23.6. The maximum absolute atomic E-state index is 10.6. The van der Waals surface area contributed by atoms with Crippen molar-refractivity contribution in [3.63, 3.8) is 0 Å². The number of halogens is 1. The number of aliphatic hydroxyl groups is 2. The van der Waals surface area contributed by atoms with Crippen LogP contribution in [0.4, 0.5) is 5.82 Å². The summed E-state index contributed by atoms with van der Waals surface area (Å²) < 4.78 is 13.2. The standard InChI is InChI=1S/C33H29ClN4O4/c1-3-32(21-39)27(40)20-28(42-32)38-19-18-26-29(35-31(34)36-30(26)38)37-33(22-10-6-4-7-11-22,23-12-8-5-9-13-23)24-14-16-25(41-2)17-15-24/h1,4-19,27-28,39-40H,20-21H2,2H3,(H,35,36,37)/t27-,28+,32+/m0/s1. The molecule has 1 saturated heterocycles. The monoisotopic (exact) mass is 580 g/mol. The first kappa shape index (κ1) is 27.8. The van der Waals surface area contributed by atoms with Crippen LogP contribution in [0.5, 0.6) is 5.75 Å². The molecule has 0 unspecified atom stereocenters. The maximum Gasteiger partial charge on any atom is 0.226 e. The molecule has 0 bridgehead atoms. The lowest BCUT2D eigenvalue weighted by atomic mass is 9.77. The first-order chi connectivity index (χ1) is 20.4. The summed E-state index contributed by atoms with van der Waals surface area (Å²) in [5.41, 5.74) is 1.01. The Morgan fingerprint density at radius 2 is 1.64 bits per heavy atom. The molecule has 0 radical (unpaired) electrons. The molecule has 0 saturated carbocycles. The predicted octanol–water partition coefficient (Wildman–Crippen LogP) is 5.14. The molecule has 8 nitrogen and oxygen atoms in total. The number of aromatic nitrogens is 3. The van der Waals surface area contributed by atoms with E-state index in [9.17, 15) is 10.2 Å². The molecule has 212 valence electrons. The number of rotatable bonds is 8. The number of methoxy groups -OCH3 is 1. The number of terminal acetylenes is 1.